The van der Waals surface area contributed by atoms with Gasteiger partial charge in [0.15, 0.2) is 5.75 Å². The van der Waals surface area contributed by atoms with Crippen molar-refractivity contribution >= 4 is 21.6 Å². The number of nitriles is 1. The number of nitrogens with two attached hydrogens (primary N) is 1. The van der Waals surface area contributed by atoms with Crippen LogP contribution in [0.2, 0.25) is 0 Å². The second kappa shape index (κ2) is 5.98. The highest BCUT2D eigenvalue weighted by molar-refractivity contribution is 9.10. The first kappa shape index (κ1) is 14.4. The number of hydrogen-bond donors (Lipinski definition) is 1. The van der Waals surface area contributed by atoms with Gasteiger partial charge in [0.2, 0.25) is 0 Å². The lowest BCUT2D eigenvalue weighted by molar-refractivity contribution is 0.475. The first-order valence-electron chi connectivity index (χ1n) is 6.28. The van der Waals surface area contributed by atoms with E-state index in [1.165, 1.54) is 0 Å². The predicted molar refractivity (Wildman–Crippen MR) is 83.9 cm³/mol. The van der Waals surface area contributed by atoms with Gasteiger partial charge in [-0.3, -0.25) is 0 Å². The highest BCUT2D eigenvalue weighted by atomic mass is 79.9. The molecule has 2 N–H and O–H groups in total. The second-order valence-corrected chi connectivity index (χ2v) is 5.68. The summed E-state index contributed by atoms with van der Waals surface area (Å²) in [5, 5.41) is 9.00. The van der Waals surface area contributed by atoms with E-state index in [2.05, 4.69) is 35.8 Å². The van der Waals surface area contributed by atoms with Crippen LogP contribution < -0.4 is 10.5 Å². The van der Waals surface area contributed by atoms with Crippen molar-refractivity contribution in [2.45, 2.75) is 19.8 Å². The summed E-state index contributed by atoms with van der Waals surface area (Å²) in [7, 11) is 0. The molecule has 0 saturated heterocycles. The molecule has 4 heteroatoms. The van der Waals surface area contributed by atoms with Crippen molar-refractivity contribution in [1.82, 2.24) is 0 Å². The van der Waals surface area contributed by atoms with Crippen LogP contribution in [-0.4, -0.2) is 0 Å². The highest BCUT2D eigenvalue weighted by Crippen LogP contribution is 2.35. The molecule has 0 unspecified atom stereocenters. The quantitative estimate of drug-likeness (QED) is 0.821. The number of benzene rings is 2. The summed E-state index contributed by atoms with van der Waals surface area (Å²) in [6.45, 7) is 4.20. The lowest BCUT2D eigenvalue weighted by Crippen LogP contribution is -1.98. The van der Waals surface area contributed by atoms with Gasteiger partial charge in [0.1, 0.15) is 11.8 Å². The molecule has 3 nitrogen and oxygen atoms in total. The van der Waals surface area contributed by atoms with E-state index in [4.69, 9.17) is 15.7 Å². The molecule has 0 fully saturated rings. The van der Waals surface area contributed by atoms with Gasteiger partial charge >= 0.3 is 0 Å². The minimum Gasteiger partial charge on any atom is -0.455 e. The molecule has 0 spiro atoms. The molecule has 0 aliphatic heterocycles. The zero-order valence-corrected chi connectivity index (χ0v) is 12.9. The number of para-hydroxylation sites is 1. The van der Waals surface area contributed by atoms with E-state index in [0.29, 0.717) is 22.9 Å². The van der Waals surface area contributed by atoms with Crippen LogP contribution in [0, 0.1) is 11.3 Å². The predicted octanol–water partition coefficient (Wildman–Crippen LogP) is 4.82. The smallest absolute Gasteiger partial charge is 0.151 e. The number of nitrogens with zero attached hydrogens (tertiary/aromatic N) is 1. The zero-order valence-electron chi connectivity index (χ0n) is 11.4. The van der Waals surface area contributed by atoms with Crippen molar-refractivity contribution in [3.63, 3.8) is 0 Å². The fourth-order valence-electron chi connectivity index (χ4n) is 1.91. The standard InChI is InChI=1S/C16H15BrN2O/c1-10(2)13-8-12(17)6-7-14(13)20-15-5-3-4-11(9-18)16(15)19/h3-8,10H,19H2,1-2H3. The van der Waals surface area contributed by atoms with E-state index in [1.807, 2.05) is 18.2 Å². The Balaban J connectivity index is 2.43. The molecule has 0 saturated carbocycles. The van der Waals surface area contributed by atoms with Gasteiger partial charge < -0.3 is 10.5 Å². The number of nitrogen functional groups attached to an aromatic ring is 1. The van der Waals surface area contributed by atoms with Crippen LogP contribution in [-0.2, 0) is 0 Å². The minimum absolute atomic E-state index is 0.322. The van der Waals surface area contributed by atoms with E-state index in [0.717, 1.165) is 15.8 Å². The molecule has 0 aromatic heterocycles. The summed E-state index contributed by atoms with van der Waals surface area (Å²) < 4.78 is 6.91. The van der Waals surface area contributed by atoms with Crippen LogP contribution in [0.3, 0.4) is 0 Å². The van der Waals surface area contributed by atoms with Crippen LogP contribution in [0.4, 0.5) is 5.69 Å². The second-order valence-electron chi connectivity index (χ2n) is 4.77. The van der Waals surface area contributed by atoms with Crippen molar-refractivity contribution in [1.29, 1.82) is 5.26 Å². The van der Waals surface area contributed by atoms with Crippen LogP contribution >= 0.6 is 15.9 Å². The average molecular weight is 331 g/mol. The van der Waals surface area contributed by atoms with Crippen molar-refractivity contribution in [3.8, 4) is 17.6 Å². The highest BCUT2D eigenvalue weighted by Gasteiger charge is 2.12. The van der Waals surface area contributed by atoms with Gasteiger partial charge in [-0.15, -0.1) is 0 Å². The molecule has 0 atom stereocenters. The van der Waals surface area contributed by atoms with E-state index in [1.54, 1.807) is 18.2 Å². The molecule has 0 bridgehead atoms. The molecule has 0 amide bonds. The molecule has 0 radical (unpaired) electrons. The number of ether oxygens (including phenoxy) is 1. The van der Waals surface area contributed by atoms with Crippen molar-refractivity contribution < 1.29 is 4.74 Å². The molecule has 0 aliphatic carbocycles. The van der Waals surface area contributed by atoms with Crippen LogP contribution in [0.1, 0.15) is 30.9 Å². The Morgan fingerprint density at radius 1 is 1.20 bits per heavy atom. The van der Waals surface area contributed by atoms with Gasteiger partial charge in [0.05, 0.1) is 11.3 Å². The fourth-order valence-corrected chi connectivity index (χ4v) is 2.29. The Morgan fingerprint density at radius 2 is 1.95 bits per heavy atom. The monoisotopic (exact) mass is 330 g/mol. The summed E-state index contributed by atoms with van der Waals surface area (Å²) in [4.78, 5) is 0. The minimum atomic E-state index is 0.322. The molecular weight excluding hydrogens is 316 g/mol. The normalized spacial score (nSPS) is 10.3. The van der Waals surface area contributed by atoms with E-state index in [9.17, 15) is 0 Å². The topological polar surface area (TPSA) is 59.0 Å². The summed E-state index contributed by atoms with van der Waals surface area (Å²) in [6.07, 6.45) is 0. The average Bonchev–Trinajstić information content (AvgIpc) is 2.42. The van der Waals surface area contributed by atoms with Gasteiger partial charge in [-0.1, -0.05) is 35.8 Å². The lowest BCUT2D eigenvalue weighted by atomic mass is 10.0. The molecule has 2 aromatic rings. The largest absolute Gasteiger partial charge is 0.455 e. The van der Waals surface area contributed by atoms with Crippen molar-refractivity contribution in [2.75, 3.05) is 5.73 Å². The van der Waals surface area contributed by atoms with Gasteiger partial charge in [0.25, 0.3) is 0 Å². The number of anilines is 1. The summed E-state index contributed by atoms with van der Waals surface area (Å²) in [5.41, 5.74) is 7.82. The zero-order chi connectivity index (χ0) is 14.7. The van der Waals surface area contributed by atoms with Gasteiger partial charge in [0, 0.05) is 4.47 Å². The summed E-state index contributed by atoms with van der Waals surface area (Å²) in [6, 6.07) is 13.1. The Labute approximate surface area is 127 Å². The van der Waals surface area contributed by atoms with Crippen LogP contribution in [0.25, 0.3) is 0 Å². The fraction of sp³-hybridized carbons (Fsp3) is 0.188. The molecule has 0 aliphatic rings. The Bertz CT molecular complexity index is 675. The summed E-state index contributed by atoms with van der Waals surface area (Å²) >= 11 is 3.46. The van der Waals surface area contributed by atoms with E-state index >= 15 is 0 Å². The van der Waals surface area contributed by atoms with Gasteiger partial charge in [-0.25, -0.2) is 0 Å². The Morgan fingerprint density at radius 3 is 2.60 bits per heavy atom. The SMILES string of the molecule is CC(C)c1cc(Br)ccc1Oc1cccc(C#N)c1N. The number of halogens is 1. The molecule has 2 aromatic carbocycles. The van der Waals surface area contributed by atoms with E-state index < -0.39 is 0 Å². The first-order valence-corrected chi connectivity index (χ1v) is 7.08. The van der Waals surface area contributed by atoms with Crippen LogP contribution in [0.15, 0.2) is 40.9 Å². The molecular formula is C16H15BrN2O. The van der Waals surface area contributed by atoms with E-state index in [-0.39, 0.29) is 0 Å². The Kier molecular flexibility index (Phi) is 4.31. The van der Waals surface area contributed by atoms with Crippen molar-refractivity contribution in [3.05, 3.63) is 52.0 Å². The Hall–Kier alpha value is -1.99. The number of rotatable bonds is 3. The van der Waals surface area contributed by atoms with Gasteiger partial charge in [-0.2, -0.15) is 5.26 Å². The molecule has 102 valence electrons. The maximum absolute atomic E-state index is 9.00. The third kappa shape index (κ3) is 2.94. The molecule has 2 rings (SSSR count). The first-order chi connectivity index (χ1) is 9.52. The summed E-state index contributed by atoms with van der Waals surface area (Å²) in [5.74, 6) is 1.58. The van der Waals surface area contributed by atoms with Gasteiger partial charge in [-0.05, 0) is 41.8 Å². The maximum Gasteiger partial charge on any atom is 0.151 e. The van der Waals surface area contributed by atoms with Crippen molar-refractivity contribution in [2.24, 2.45) is 0 Å². The number of hydrogen-bond acceptors (Lipinski definition) is 3. The lowest BCUT2D eigenvalue weighted by Gasteiger charge is -2.15. The molecule has 0 heterocycles. The molecule has 20 heavy (non-hydrogen) atoms. The third-order valence-corrected chi connectivity index (χ3v) is 3.49. The third-order valence-electron chi connectivity index (χ3n) is 3.00. The maximum atomic E-state index is 9.00. The van der Waals surface area contributed by atoms with Crippen LogP contribution in [0.5, 0.6) is 11.5 Å².